The highest BCUT2D eigenvalue weighted by molar-refractivity contribution is 5.94. The van der Waals surface area contributed by atoms with Crippen molar-refractivity contribution in [2.45, 2.75) is 19.5 Å². The molecule has 0 aromatic heterocycles. The van der Waals surface area contributed by atoms with Crippen LogP contribution in [0.2, 0.25) is 0 Å². The van der Waals surface area contributed by atoms with Crippen molar-refractivity contribution in [3.63, 3.8) is 0 Å². The zero-order valence-corrected chi connectivity index (χ0v) is 18.6. The van der Waals surface area contributed by atoms with Crippen LogP contribution in [0, 0.1) is 11.6 Å². The average molecular weight is 490 g/mol. The first-order valence-corrected chi connectivity index (χ1v) is 10.5. The van der Waals surface area contributed by atoms with Crippen molar-refractivity contribution < 1.29 is 36.6 Å². The first kappa shape index (κ1) is 25.5. The molecule has 3 aromatic carbocycles. The monoisotopic (exact) mass is 490 g/mol. The fourth-order valence-corrected chi connectivity index (χ4v) is 3.25. The Kier molecular flexibility index (Phi) is 8.66. The first-order chi connectivity index (χ1) is 16.8. The van der Waals surface area contributed by atoms with Gasteiger partial charge in [-0.2, -0.15) is 8.78 Å². The van der Waals surface area contributed by atoms with Gasteiger partial charge in [-0.1, -0.05) is 12.1 Å². The molecule has 0 aliphatic rings. The minimum atomic E-state index is -3.02. The molecule has 35 heavy (non-hydrogen) atoms. The molecule has 184 valence electrons. The van der Waals surface area contributed by atoms with E-state index in [1.807, 2.05) is 0 Å². The lowest BCUT2D eigenvalue weighted by Crippen LogP contribution is -2.26. The maximum atomic E-state index is 13.7. The van der Waals surface area contributed by atoms with Crippen LogP contribution in [0.3, 0.4) is 0 Å². The normalized spacial score (nSPS) is 10.7. The number of nitrogens with one attached hydrogen (secondary N) is 2. The van der Waals surface area contributed by atoms with Gasteiger partial charge in [-0.3, -0.25) is 9.59 Å². The topological polar surface area (TPSA) is 76.7 Å². The third kappa shape index (κ3) is 7.20. The molecule has 0 saturated heterocycles. The average Bonchev–Trinajstić information content (AvgIpc) is 2.82. The standard InChI is InChI=1S/C25H22F4N2O4/c1-34-18-8-4-15(5-9-18)20-14-17(7-11-22(20)35-25(28)29)31-23(32)3-2-12-30-24(33)19-10-6-16(26)13-21(19)27/h4-11,13-14,25H,2-3,12H2,1H3,(H,30,33)(H,31,32). The largest absolute Gasteiger partial charge is 0.497 e. The Morgan fingerprint density at radius 1 is 0.971 bits per heavy atom. The van der Waals surface area contributed by atoms with E-state index < -0.39 is 24.2 Å². The Morgan fingerprint density at radius 2 is 1.71 bits per heavy atom. The van der Waals surface area contributed by atoms with E-state index in [1.165, 1.54) is 25.3 Å². The lowest BCUT2D eigenvalue weighted by atomic mass is 10.0. The third-order valence-corrected chi connectivity index (χ3v) is 4.92. The number of methoxy groups -OCH3 is 1. The molecule has 0 aliphatic heterocycles. The highest BCUT2D eigenvalue weighted by Gasteiger charge is 2.15. The highest BCUT2D eigenvalue weighted by Crippen LogP contribution is 2.34. The number of rotatable bonds is 10. The van der Waals surface area contributed by atoms with Crippen LogP contribution in [0.25, 0.3) is 11.1 Å². The van der Waals surface area contributed by atoms with Crippen LogP contribution in [0.5, 0.6) is 11.5 Å². The van der Waals surface area contributed by atoms with E-state index in [4.69, 9.17) is 4.74 Å². The summed E-state index contributed by atoms with van der Waals surface area (Å²) in [7, 11) is 1.50. The predicted molar refractivity (Wildman–Crippen MR) is 122 cm³/mol. The summed E-state index contributed by atoms with van der Waals surface area (Å²) >= 11 is 0. The van der Waals surface area contributed by atoms with E-state index in [-0.39, 0.29) is 36.6 Å². The van der Waals surface area contributed by atoms with Crippen molar-refractivity contribution >= 4 is 17.5 Å². The predicted octanol–water partition coefficient (Wildman–Crippen LogP) is 5.39. The minimum Gasteiger partial charge on any atom is -0.497 e. The van der Waals surface area contributed by atoms with Gasteiger partial charge < -0.3 is 20.1 Å². The maximum absolute atomic E-state index is 13.7. The number of benzene rings is 3. The van der Waals surface area contributed by atoms with Gasteiger partial charge in [0.1, 0.15) is 23.1 Å². The summed E-state index contributed by atoms with van der Waals surface area (Å²) in [5.41, 5.74) is 0.987. The van der Waals surface area contributed by atoms with Gasteiger partial charge in [0.2, 0.25) is 5.91 Å². The molecule has 0 radical (unpaired) electrons. The number of carbonyl (C=O) groups excluding carboxylic acids is 2. The SMILES string of the molecule is COc1ccc(-c2cc(NC(=O)CCCNC(=O)c3ccc(F)cc3F)ccc2OC(F)F)cc1. The molecule has 3 aromatic rings. The number of hydrogen-bond acceptors (Lipinski definition) is 4. The minimum absolute atomic E-state index is 0.0271. The van der Waals surface area contributed by atoms with Crippen molar-refractivity contribution in [3.05, 3.63) is 77.9 Å². The van der Waals surface area contributed by atoms with E-state index >= 15 is 0 Å². The molecule has 2 amide bonds. The van der Waals surface area contributed by atoms with Gasteiger partial charge in [-0.25, -0.2) is 8.78 Å². The summed E-state index contributed by atoms with van der Waals surface area (Å²) < 4.78 is 62.0. The van der Waals surface area contributed by atoms with E-state index in [0.717, 1.165) is 12.1 Å². The summed E-state index contributed by atoms with van der Waals surface area (Å²) in [6.07, 6.45) is 0.275. The van der Waals surface area contributed by atoms with E-state index in [1.54, 1.807) is 24.3 Å². The van der Waals surface area contributed by atoms with Crippen molar-refractivity contribution in [2.75, 3.05) is 19.0 Å². The van der Waals surface area contributed by atoms with E-state index in [2.05, 4.69) is 15.4 Å². The number of alkyl halides is 2. The molecule has 0 saturated carbocycles. The number of amides is 2. The Labute approximate surface area is 198 Å². The fraction of sp³-hybridized carbons (Fsp3) is 0.200. The van der Waals surface area contributed by atoms with Crippen molar-refractivity contribution in [3.8, 4) is 22.6 Å². The Morgan fingerprint density at radius 3 is 2.37 bits per heavy atom. The second kappa shape index (κ2) is 11.9. The van der Waals surface area contributed by atoms with Crippen LogP contribution in [0.1, 0.15) is 23.2 Å². The van der Waals surface area contributed by atoms with Gasteiger partial charge in [0.15, 0.2) is 0 Å². The quantitative estimate of drug-likeness (QED) is 0.295. The van der Waals surface area contributed by atoms with Crippen molar-refractivity contribution in [1.82, 2.24) is 5.32 Å². The smallest absolute Gasteiger partial charge is 0.387 e. The number of hydrogen-bond donors (Lipinski definition) is 2. The second-order valence-electron chi connectivity index (χ2n) is 7.35. The Bertz CT molecular complexity index is 1190. The number of carbonyl (C=O) groups is 2. The van der Waals surface area contributed by atoms with Gasteiger partial charge in [0.25, 0.3) is 5.91 Å². The van der Waals surface area contributed by atoms with Crippen molar-refractivity contribution in [1.29, 1.82) is 0 Å². The molecule has 3 rings (SSSR count). The fourth-order valence-electron chi connectivity index (χ4n) is 3.25. The Hall–Kier alpha value is -4.08. The molecular formula is C25H22F4N2O4. The van der Waals surface area contributed by atoms with E-state index in [9.17, 15) is 27.2 Å². The van der Waals surface area contributed by atoms with Gasteiger partial charge in [-0.05, 0) is 54.4 Å². The van der Waals surface area contributed by atoms with E-state index in [0.29, 0.717) is 28.6 Å². The van der Waals surface area contributed by atoms with Gasteiger partial charge in [0.05, 0.1) is 12.7 Å². The summed E-state index contributed by atoms with van der Waals surface area (Å²) in [6.45, 7) is -2.94. The molecule has 0 spiro atoms. The molecule has 0 fully saturated rings. The van der Waals surface area contributed by atoms with Crippen LogP contribution < -0.4 is 20.1 Å². The lowest BCUT2D eigenvalue weighted by molar-refractivity contribution is -0.116. The van der Waals surface area contributed by atoms with Gasteiger partial charge in [-0.15, -0.1) is 0 Å². The molecule has 0 unspecified atom stereocenters. The summed E-state index contributed by atoms with van der Waals surface area (Å²) in [5.74, 6) is -2.34. The molecular weight excluding hydrogens is 468 g/mol. The third-order valence-electron chi connectivity index (χ3n) is 4.92. The molecule has 10 heteroatoms. The van der Waals surface area contributed by atoms with Gasteiger partial charge >= 0.3 is 6.61 Å². The molecule has 0 atom stereocenters. The molecule has 0 aliphatic carbocycles. The van der Waals surface area contributed by atoms with Crippen LogP contribution in [-0.2, 0) is 4.79 Å². The second-order valence-corrected chi connectivity index (χ2v) is 7.35. The number of halogens is 4. The zero-order valence-electron chi connectivity index (χ0n) is 18.6. The summed E-state index contributed by atoms with van der Waals surface area (Å²) in [6, 6.07) is 13.6. The Balaban J connectivity index is 1.59. The van der Waals surface area contributed by atoms with Crippen LogP contribution in [0.4, 0.5) is 23.2 Å². The van der Waals surface area contributed by atoms with Gasteiger partial charge in [0, 0.05) is 30.3 Å². The van der Waals surface area contributed by atoms with Crippen molar-refractivity contribution in [2.24, 2.45) is 0 Å². The first-order valence-electron chi connectivity index (χ1n) is 10.5. The molecule has 0 heterocycles. The molecule has 0 bridgehead atoms. The van der Waals surface area contributed by atoms with Crippen LogP contribution >= 0.6 is 0 Å². The summed E-state index contributed by atoms with van der Waals surface area (Å²) in [4.78, 5) is 24.3. The number of ether oxygens (including phenoxy) is 2. The highest BCUT2D eigenvalue weighted by atomic mass is 19.3. The van der Waals surface area contributed by atoms with Crippen LogP contribution in [0.15, 0.2) is 60.7 Å². The summed E-state index contributed by atoms with van der Waals surface area (Å²) in [5, 5.41) is 5.13. The van der Waals surface area contributed by atoms with Crippen LogP contribution in [-0.4, -0.2) is 32.1 Å². The zero-order chi connectivity index (χ0) is 25.4. The lowest BCUT2D eigenvalue weighted by Gasteiger charge is -2.14. The maximum Gasteiger partial charge on any atom is 0.387 e. The molecule has 2 N–H and O–H groups in total. The molecule has 6 nitrogen and oxygen atoms in total. The number of anilines is 1.